The second-order valence-corrected chi connectivity index (χ2v) is 7.63. The number of carbonyl (C=O) groups excluding carboxylic acids is 1. The summed E-state index contributed by atoms with van der Waals surface area (Å²) in [5.41, 5.74) is 2.42. The van der Waals surface area contributed by atoms with Gasteiger partial charge in [0.2, 0.25) is 0 Å². The van der Waals surface area contributed by atoms with Crippen LogP contribution in [0.5, 0.6) is 17.2 Å². The van der Waals surface area contributed by atoms with Crippen LogP contribution in [-0.4, -0.2) is 39.3 Å². The summed E-state index contributed by atoms with van der Waals surface area (Å²) in [5, 5.41) is 3.55. The summed E-state index contributed by atoms with van der Waals surface area (Å²) in [6.07, 6.45) is 3.95. The van der Waals surface area contributed by atoms with Gasteiger partial charge in [-0.15, -0.1) is 0 Å². The Labute approximate surface area is 176 Å². The number of benzene rings is 2. The van der Waals surface area contributed by atoms with Gasteiger partial charge in [-0.2, -0.15) is 0 Å². The Hall–Kier alpha value is -3.15. The van der Waals surface area contributed by atoms with E-state index in [1.54, 1.807) is 27.6 Å². The van der Waals surface area contributed by atoms with E-state index in [9.17, 15) is 4.79 Å². The van der Waals surface area contributed by atoms with Gasteiger partial charge in [0, 0.05) is 18.5 Å². The SMILES string of the molecule is COc1ccc(C2=COC3CC(Nc4ccc(OC)cc4OC)CCC3C2=O)cc1. The van der Waals surface area contributed by atoms with Crippen molar-refractivity contribution in [3.05, 3.63) is 54.3 Å². The summed E-state index contributed by atoms with van der Waals surface area (Å²) in [6.45, 7) is 0. The molecule has 3 atom stereocenters. The average molecular weight is 409 g/mol. The van der Waals surface area contributed by atoms with Crippen LogP contribution in [0.15, 0.2) is 48.7 Å². The number of hydrogen-bond acceptors (Lipinski definition) is 6. The predicted octanol–water partition coefficient (Wildman–Crippen LogP) is 4.30. The second kappa shape index (κ2) is 8.69. The van der Waals surface area contributed by atoms with E-state index in [2.05, 4.69) is 5.32 Å². The van der Waals surface area contributed by atoms with Gasteiger partial charge in [0.05, 0.1) is 44.8 Å². The number of ketones is 1. The highest BCUT2D eigenvalue weighted by Crippen LogP contribution is 2.38. The second-order valence-electron chi connectivity index (χ2n) is 7.63. The lowest BCUT2D eigenvalue weighted by Gasteiger charge is -2.38. The number of methoxy groups -OCH3 is 3. The number of allylic oxidation sites excluding steroid dienone is 1. The summed E-state index contributed by atoms with van der Waals surface area (Å²) in [4.78, 5) is 13.1. The maximum atomic E-state index is 13.1. The fourth-order valence-corrected chi connectivity index (χ4v) is 4.24. The third kappa shape index (κ3) is 3.95. The van der Waals surface area contributed by atoms with Crippen LogP contribution >= 0.6 is 0 Å². The van der Waals surface area contributed by atoms with Crippen molar-refractivity contribution in [3.8, 4) is 17.2 Å². The molecule has 2 aliphatic rings. The zero-order valence-electron chi connectivity index (χ0n) is 17.5. The zero-order chi connectivity index (χ0) is 21.1. The molecule has 30 heavy (non-hydrogen) atoms. The van der Waals surface area contributed by atoms with Crippen molar-refractivity contribution in [2.45, 2.75) is 31.4 Å². The van der Waals surface area contributed by atoms with E-state index in [0.29, 0.717) is 5.57 Å². The van der Waals surface area contributed by atoms with Gasteiger partial charge in [-0.25, -0.2) is 0 Å². The van der Waals surface area contributed by atoms with Crippen LogP contribution < -0.4 is 19.5 Å². The van der Waals surface area contributed by atoms with Crippen molar-refractivity contribution in [1.82, 2.24) is 0 Å². The molecule has 3 unspecified atom stereocenters. The molecular formula is C24H27NO5. The minimum atomic E-state index is -0.116. The number of anilines is 1. The van der Waals surface area contributed by atoms with E-state index in [-0.39, 0.29) is 23.8 Å². The Morgan fingerprint density at radius 3 is 2.37 bits per heavy atom. The van der Waals surface area contributed by atoms with Crippen LogP contribution in [0.1, 0.15) is 24.8 Å². The maximum absolute atomic E-state index is 13.1. The minimum absolute atomic E-state index is 0.108. The van der Waals surface area contributed by atoms with Crippen molar-refractivity contribution in [2.24, 2.45) is 5.92 Å². The summed E-state index contributed by atoms with van der Waals surface area (Å²) >= 11 is 0. The molecule has 1 aliphatic carbocycles. The molecule has 4 rings (SSSR count). The number of rotatable bonds is 6. The first kappa shape index (κ1) is 20.1. The molecule has 2 aromatic rings. The van der Waals surface area contributed by atoms with E-state index in [1.165, 1.54) is 0 Å². The van der Waals surface area contributed by atoms with Crippen LogP contribution in [0.4, 0.5) is 5.69 Å². The number of fused-ring (bicyclic) bond motifs is 1. The van der Waals surface area contributed by atoms with E-state index in [0.717, 1.165) is 47.8 Å². The number of hydrogen-bond donors (Lipinski definition) is 1. The highest BCUT2D eigenvalue weighted by atomic mass is 16.5. The number of Topliss-reactive ketones (excluding diaryl/α,β-unsaturated/α-hetero) is 1. The molecule has 0 spiro atoms. The smallest absolute Gasteiger partial charge is 0.173 e. The van der Waals surface area contributed by atoms with Crippen LogP contribution in [-0.2, 0) is 9.53 Å². The van der Waals surface area contributed by atoms with Crippen molar-refractivity contribution in [2.75, 3.05) is 26.6 Å². The predicted molar refractivity (Wildman–Crippen MR) is 115 cm³/mol. The minimum Gasteiger partial charge on any atom is -0.497 e. The topological polar surface area (TPSA) is 66.0 Å². The number of ether oxygens (including phenoxy) is 4. The molecule has 0 radical (unpaired) electrons. The van der Waals surface area contributed by atoms with Crippen LogP contribution in [0.25, 0.3) is 5.57 Å². The quantitative estimate of drug-likeness (QED) is 0.767. The Balaban J connectivity index is 1.45. The molecule has 6 nitrogen and oxygen atoms in total. The first-order valence-electron chi connectivity index (χ1n) is 10.2. The Kier molecular flexibility index (Phi) is 5.84. The van der Waals surface area contributed by atoms with Gasteiger partial charge in [-0.1, -0.05) is 12.1 Å². The third-order valence-electron chi connectivity index (χ3n) is 5.92. The van der Waals surface area contributed by atoms with Gasteiger partial charge in [0.15, 0.2) is 5.78 Å². The van der Waals surface area contributed by atoms with Crippen LogP contribution in [0.2, 0.25) is 0 Å². The highest BCUT2D eigenvalue weighted by Gasteiger charge is 2.40. The lowest BCUT2D eigenvalue weighted by molar-refractivity contribution is -0.124. The lowest BCUT2D eigenvalue weighted by Crippen LogP contribution is -2.42. The Morgan fingerprint density at radius 2 is 1.67 bits per heavy atom. The molecule has 0 aromatic heterocycles. The number of nitrogens with one attached hydrogen (secondary N) is 1. The molecule has 1 aliphatic heterocycles. The summed E-state index contributed by atoms with van der Waals surface area (Å²) in [6, 6.07) is 13.4. The fraction of sp³-hybridized carbons (Fsp3) is 0.375. The largest absolute Gasteiger partial charge is 0.497 e. The molecule has 6 heteroatoms. The fourth-order valence-electron chi connectivity index (χ4n) is 4.24. The summed E-state index contributed by atoms with van der Waals surface area (Å²) in [7, 11) is 4.90. The molecule has 0 amide bonds. The monoisotopic (exact) mass is 409 g/mol. The summed E-state index contributed by atoms with van der Waals surface area (Å²) in [5.74, 6) is 2.30. The first-order chi connectivity index (χ1) is 14.6. The molecule has 158 valence electrons. The van der Waals surface area contributed by atoms with E-state index < -0.39 is 0 Å². The molecule has 1 N–H and O–H groups in total. The molecule has 1 fully saturated rings. The zero-order valence-corrected chi connectivity index (χ0v) is 17.5. The molecule has 0 bridgehead atoms. The normalized spacial score (nSPS) is 23.0. The van der Waals surface area contributed by atoms with Crippen molar-refractivity contribution in [1.29, 1.82) is 0 Å². The average Bonchev–Trinajstić information content (AvgIpc) is 2.79. The molecule has 0 saturated heterocycles. The molecule has 1 saturated carbocycles. The molecular weight excluding hydrogens is 382 g/mol. The Morgan fingerprint density at radius 1 is 0.933 bits per heavy atom. The maximum Gasteiger partial charge on any atom is 0.173 e. The molecule has 2 aromatic carbocycles. The summed E-state index contributed by atoms with van der Waals surface area (Å²) < 4.78 is 22.0. The van der Waals surface area contributed by atoms with E-state index >= 15 is 0 Å². The Bertz CT molecular complexity index is 937. The third-order valence-corrected chi connectivity index (χ3v) is 5.92. The first-order valence-corrected chi connectivity index (χ1v) is 10.2. The van der Waals surface area contributed by atoms with Gasteiger partial charge in [-0.3, -0.25) is 4.79 Å². The van der Waals surface area contributed by atoms with Gasteiger partial charge < -0.3 is 24.3 Å². The van der Waals surface area contributed by atoms with Gasteiger partial charge in [-0.05, 0) is 42.7 Å². The number of carbonyl (C=O) groups is 1. The highest BCUT2D eigenvalue weighted by molar-refractivity contribution is 6.22. The van der Waals surface area contributed by atoms with Crippen molar-refractivity contribution < 1.29 is 23.7 Å². The van der Waals surface area contributed by atoms with Gasteiger partial charge >= 0.3 is 0 Å². The molecule has 1 heterocycles. The lowest BCUT2D eigenvalue weighted by atomic mass is 9.77. The van der Waals surface area contributed by atoms with Crippen molar-refractivity contribution in [3.63, 3.8) is 0 Å². The van der Waals surface area contributed by atoms with Crippen LogP contribution in [0.3, 0.4) is 0 Å². The van der Waals surface area contributed by atoms with Gasteiger partial charge in [0.25, 0.3) is 0 Å². The van der Waals surface area contributed by atoms with Crippen LogP contribution in [0, 0.1) is 5.92 Å². The van der Waals surface area contributed by atoms with E-state index in [4.69, 9.17) is 18.9 Å². The van der Waals surface area contributed by atoms with E-state index in [1.807, 2.05) is 42.5 Å². The van der Waals surface area contributed by atoms with Crippen molar-refractivity contribution >= 4 is 17.0 Å². The van der Waals surface area contributed by atoms with Gasteiger partial charge in [0.1, 0.15) is 23.4 Å². The standard InChI is InChI=1S/C24H27NO5/c1-27-17-7-4-15(5-8-17)20-14-30-22-12-16(6-10-19(22)24(20)26)25-21-11-9-18(28-2)13-23(21)29-3/h4-5,7-9,11,13-14,16,19,22,25H,6,10,12H2,1-3H3.